The first kappa shape index (κ1) is 38.2. The zero-order chi connectivity index (χ0) is 36.7. The molecule has 2 aromatic rings. The summed E-state index contributed by atoms with van der Waals surface area (Å²) in [6.45, 7) is 7.91. The van der Waals surface area contributed by atoms with Crippen molar-refractivity contribution in [3.63, 3.8) is 0 Å². The molecule has 0 aromatic heterocycles. The van der Waals surface area contributed by atoms with Gasteiger partial charge in [0.25, 0.3) is 0 Å². The molecule has 3 aliphatic rings. The van der Waals surface area contributed by atoms with Crippen molar-refractivity contribution < 1.29 is 33.8 Å². The highest BCUT2D eigenvalue weighted by Crippen LogP contribution is 2.39. The zero-order valence-electron chi connectivity index (χ0n) is 30.6. The van der Waals surface area contributed by atoms with Crippen LogP contribution in [0.5, 0.6) is 0 Å². The van der Waals surface area contributed by atoms with Crippen molar-refractivity contribution in [3.8, 4) is 0 Å². The van der Waals surface area contributed by atoms with Gasteiger partial charge in [-0.15, -0.1) is 0 Å². The van der Waals surface area contributed by atoms with Gasteiger partial charge in [0.1, 0.15) is 12.6 Å². The summed E-state index contributed by atoms with van der Waals surface area (Å²) in [5.74, 6) is -1.18. The summed E-state index contributed by atoms with van der Waals surface area (Å²) in [6.07, 6.45) is 3.47. The average molecular weight is 706 g/mol. The van der Waals surface area contributed by atoms with Crippen LogP contribution in [0.15, 0.2) is 60.7 Å². The number of amides is 4. The first-order valence-corrected chi connectivity index (χ1v) is 18.3. The first-order chi connectivity index (χ1) is 24.3. The normalized spacial score (nSPS) is 22.6. The van der Waals surface area contributed by atoms with Crippen LogP contribution in [0.25, 0.3) is 0 Å². The molecule has 0 radical (unpaired) electrons. The summed E-state index contributed by atoms with van der Waals surface area (Å²) >= 11 is 0. The summed E-state index contributed by atoms with van der Waals surface area (Å²) in [6, 6.07) is 16.3. The Kier molecular flexibility index (Phi) is 12.8. The maximum atomic E-state index is 14.7. The second-order valence-corrected chi connectivity index (χ2v) is 15.2. The fourth-order valence-corrected chi connectivity index (χ4v) is 7.71. The van der Waals surface area contributed by atoms with Crippen LogP contribution >= 0.6 is 0 Å². The van der Waals surface area contributed by atoms with Crippen LogP contribution in [-0.2, 0) is 30.5 Å². The van der Waals surface area contributed by atoms with Crippen LogP contribution in [0, 0.1) is 11.8 Å². The van der Waals surface area contributed by atoms with Crippen molar-refractivity contribution in [2.45, 2.75) is 115 Å². The van der Waals surface area contributed by atoms with Crippen LogP contribution in [0.2, 0.25) is 0 Å². The molecule has 12 nitrogen and oxygen atoms in total. The van der Waals surface area contributed by atoms with Gasteiger partial charge in [-0.3, -0.25) is 14.4 Å². The van der Waals surface area contributed by atoms with Gasteiger partial charge in [0.05, 0.1) is 23.7 Å². The third-order valence-corrected chi connectivity index (χ3v) is 10.4. The molecule has 5 rings (SSSR count). The highest BCUT2D eigenvalue weighted by molar-refractivity contribution is 5.92. The number of fused-ring (bicyclic) bond motifs is 1. The highest BCUT2D eigenvalue weighted by Gasteiger charge is 2.54. The van der Waals surface area contributed by atoms with Gasteiger partial charge in [0, 0.05) is 31.1 Å². The molecule has 4 amide bonds. The lowest BCUT2D eigenvalue weighted by atomic mass is 9.82. The van der Waals surface area contributed by atoms with Crippen molar-refractivity contribution in [2.24, 2.45) is 11.8 Å². The molecule has 0 bridgehead atoms. The Hall–Kier alpha value is -4.00. The van der Waals surface area contributed by atoms with Gasteiger partial charge >= 0.3 is 6.09 Å². The number of carbonyl (C=O) groups is 4. The van der Waals surface area contributed by atoms with E-state index in [1.165, 1.54) is 4.90 Å². The molecule has 1 aliphatic carbocycles. The zero-order valence-corrected chi connectivity index (χ0v) is 30.6. The molecular weight excluding hydrogens is 650 g/mol. The number of nitrogens with zero attached hydrogens (tertiary/aromatic N) is 3. The van der Waals surface area contributed by atoms with E-state index in [1.807, 2.05) is 81.4 Å². The van der Waals surface area contributed by atoms with Gasteiger partial charge in [-0.25, -0.2) is 9.69 Å². The number of hydrogen-bond donors (Lipinski definition) is 3. The topological polar surface area (TPSA) is 141 Å². The Morgan fingerprint density at radius 3 is 2.24 bits per heavy atom. The van der Waals surface area contributed by atoms with Gasteiger partial charge in [-0.1, -0.05) is 67.8 Å². The third-order valence-electron chi connectivity index (χ3n) is 10.4. The highest BCUT2D eigenvalue weighted by atomic mass is 16.6. The largest absolute Gasteiger partial charge is 0.445 e. The second kappa shape index (κ2) is 17.0. The number of hydrogen-bond acceptors (Lipinski definition) is 8. The number of benzene rings is 2. The smallest absolute Gasteiger partial charge is 0.410 e. The monoisotopic (exact) mass is 705 g/mol. The van der Waals surface area contributed by atoms with Crippen molar-refractivity contribution in [1.82, 2.24) is 20.0 Å². The van der Waals surface area contributed by atoms with E-state index in [1.54, 1.807) is 23.8 Å². The molecule has 278 valence electrons. The molecule has 0 spiro atoms. The van der Waals surface area contributed by atoms with Gasteiger partial charge < -0.3 is 35.0 Å². The van der Waals surface area contributed by atoms with Gasteiger partial charge in [-0.2, -0.15) is 0 Å². The summed E-state index contributed by atoms with van der Waals surface area (Å²) in [5.41, 5.74) is 0.911. The number of aliphatic hydroxyl groups excluding tert-OH is 1. The van der Waals surface area contributed by atoms with E-state index in [0.717, 1.165) is 37.7 Å². The predicted octanol–water partition coefficient (Wildman–Crippen LogP) is 4.73. The molecule has 12 heteroatoms. The Balaban J connectivity index is 1.36. The van der Waals surface area contributed by atoms with E-state index in [0.29, 0.717) is 18.7 Å². The predicted molar refractivity (Wildman–Crippen MR) is 193 cm³/mol. The molecule has 3 fully saturated rings. The van der Waals surface area contributed by atoms with Crippen LogP contribution in [0.4, 0.5) is 10.5 Å². The number of anilines is 1. The molecule has 1 saturated carbocycles. The maximum absolute atomic E-state index is 14.7. The minimum absolute atomic E-state index is 0.0596. The first-order valence-electron chi connectivity index (χ1n) is 18.3. The van der Waals surface area contributed by atoms with E-state index in [2.05, 4.69) is 10.6 Å². The standard InChI is InChI=1S/C39H55N5O7/c1-26(42(5)37(48)51-39(2,3)4)35(46)41-33(28-17-11-7-12-18-28)36(47)43-22-21-31-34(43)29(23-32(45)40-30-19-13-8-14-20-30)24-44(31)38(49)50-25-27-15-9-6-10-16-27/h6,8-10,13-16,19-20,26,28-29,31,33-34,37,48H,7,11-12,17-18,21-25H2,1-5H3,(H,40,45)(H,41,46). The molecule has 6 atom stereocenters. The molecular formula is C39H55N5O7. The number of ether oxygens (including phenoxy) is 2. The number of aliphatic hydroxyl groups is 1. The Labute approximate surface area is 301 Å². The summed E-state index contributed by atoms with van der Waals surface area (Å²) < 4.78 is 11.4. The van der Waals surface area contributed by atoms with Crippen LogP contribution in [0.3, 0.4) is 0 Å². The maximum Gasteiger partial charge on any atom is 0.410 e. The summed E-state index contributed by atoms with van der Waals surface area (Å²) in [4.78, 5) is 60.4. The molecule has 2 aromatic carbocycles. The van der Waals surface area contributed by atoms with E-state index < -0.39 is 36.2 Å². The fraction of sp³-hybridized carbons (Fsp3) is 0.590. The van der Waals surface area contributed by atoms with E-state index in [4.69, 9.17) is 9.47 Å². The number of rotatable bonds is 12. The Morgan fingerprint density at radius 2 is 1.59 bits per heavy atom. The fourth-order valence-electron chi connectivity index (χ4n) is 7.71. The summed E-state index contributed by atoms with van der Waals surface area (Å²) in [7, 11) is 1.61. The Bertz CT molecular complexity index is 1480. The van der Waals surface area contributed by atoms with Gasteiger partial charge in [0.2, 0.25) is 24.1 Å². The number of nitrogens with one attached hydrogen (secondary N) is 2. The number of likely N-dealkylation sites (N-methyl/N-ethyl adjacent to an activating group) is 1. The molecule has 2 saturated heterocycles. The number of carbonyl (C=O) groups excluding carboxylic acids is 4. The van der Waals surface area contributed by atoms with Crippen molar-refractivity contribution in [1.29, 1.82) is 0 Å². The molecule has 3 N–H and O–H groups in total. The van der Waals surface area contributed by atoms with E-state index in [-0.39, 0.29) is 55.2 Å². The minimum atomic E-state index is -1.32. The lowest BCUT2D eigenvalue weighted by Crippen LogP contribution is -2.59. The lowest BCUT2D eigenvalue weighted by Gasteiger charge is -2.37. The van der Waals surface area contributed by atoms with Crippen molar-refractivity contribution >= 4 is 29.5 Å². The molecule has 2 aliphatic heterocycles. The molecule has 2 heterocycles. The SMILES string of the molecule is CC(C(=O)NC(C(=O)N1CCC2C1C(CC(=O)Nc1ccccc1)CN2C(=O)OCc1ccccc1)C1CCCCC1)N(C)C(O)OC(C)(C)C. The average Bonchev–Trinajstić information content (AvgIpc) is 3.70. The minimum Gasteiger partial charge on any atom is -0.445 e. The van der Waals surface area contributed by atoms with Gasteiger partial charge in [0.15, 0.2) is 0 Å². The quantitative estimate of drug-likeness (QED) is 0.270. The van der Waals surface area contributed by atoms with E-state index >= 15 is 0 Å². The number of likely N-dealkylation sites (tertiary alicyclic amines) is 2. The van der Waals surface area contributed by atoms with Crippen molar-refractivity contribution in [3.05, 3.63) is 66.2 Å². The van der Waals surface area contributed by atoms with Crippen LogP contribution < -0.4 is 10.6 Å². The second-order valence-electron chi connectivity index (χ2n) is 15.2. The van der Waals surface area contributed by atoms with Gasteiger partial charge in [-0.05, 0) is 77.6 Å². The number of para-hydroxylation sites is 1. The van der Waals surface area contributed by atoms with Crippen LogP contribution in [0.1, 0.15) is 78.2 Å². The van der Waals surface area contributed by atoms with E-state index in [9.17, 15) is 24.3 Å². The lowest BCUT2D eigenvalue weighted by molar-refractivity contribution is -0.239. The summed E-state index contributed by atoms with van der Waals surface area (Å²) in [5, 5.41) is 16.7. The third kappa shape index (κ3) is 9.87. The molecule has 6 unspecified atom stereocenters. The molecule has 51 heavy (non-hydrogen) atoms. The Morgan fingerprint density at radius 1 is 0.941 bits per heavy atom. The van der Waals surface area contributed by atoms with Crippen molar-refractivity contribution in [2.75, 3.05) is 25.5 Å². The van der Waals surface area contributed by atoms with Crippen LogP contribution in [-0.4, -0.2) is 99.9 Å².